The van der Waals surface area contributed by atoms with Crippen molar-refractivity contribution in [2.24, 2.45) is 5.92 Å². The Morgan fingerprint density at radius 3 is 3.06 bits per heavy atom. The molecule has 2 unspecified atom stereocenters. The minimum Gasteiger partial charge on any atom is -0.381 e. The van der Waals surface area contributed by atoms with Gasteiger partial charge in [-0.25, -0.2) is 4.39 Å². The number of hydrogen-bond acceptors (Lipinski definition) is 2. The lowest BCUT2D eigenvalue weighted by Gasteiger charge is -2.24. The quantitative estimate of drug-likeness (QED) is 0.839. The summed E-state index contributed by atoms with van der Waals surface area (Å²) in [5, 5.41) is 3.58. The van der Waals surface area contributed by atoms with E-state index in [2.05, 4.69) is 12.2 Å². The zero-order valence-corrected chi connectivity index (χ0v) is 11.0. The SMILES string of the molecule is CCCNC(Cc1cccc(F)c1)C1CCOC1. The molecule has 1 aromatic rings. The van der Waals surface area contributed by atoms with Crippen LogP contribution in [0.5, 0.6) is 0 Å². The predicted octanol–water partition coefficient (Wildman–Crippen LogP) is 2.77. The molecular formula is C15H22FNO. The minimum atomic E-state index is -0.149. The Kier molecular flexibility index (Phi) is 5.14. The van der Waals surface area contributed by atoms with Crippen LogP contribution >= 0.6 is 0 Å². The zero-order valence-electron chi connectivity index (χ0n) is 11.0. The van der Waals surface area contributed by atoms with E-state index in [1.54, 1.807) is 12.1 Å². The van der Waals surface area contributed by atoms with Gasteiger partial charge >= 0.3 is 0 Å². The summed E-state index contributed by atoms with van der Waals surface area (Å²) >= 11 is 0. The lowest BCUT2D eigenvalue weighted by atomic mass is 9.92. The van der Waals surface area contributed by atoms with Gasteiger partial charge in [0.1, 0.15) is 5.82 Å². The molecule has 0 spiro atoms. The van der Waals surface area contributed by atoms with Gasteiger partial charge in [0.25, 0.3) is 0 Å². The zero-order chi connectivity index (χ0) is 12.8. The van der Waals surface area contributed by atoms with E-state index >= 15 is 0 Å². The molecule has 2 rings (SSSR count). The van der Waals surface area contributed by atoms with Crippen molar-refractivity contribution < 1.29 is 9.13 Å². The molecule has 1 saturated heterocycles. The second kappa shape index (κ2) is 6.86. The highest BCUT2D eigenvalue weighted by Crippen LogP contribution is 2.20. The standard InChI is InChI=1S/C15H22FNO/c1-2-7-17-15(13-6-8-18-11-13)10-12-4-3-5-14(16)9-12/h3-5,9,13,15,17H,2,6-8,10-11H2,1H3. The van der Waals surface area contributed by atoms with Crippen LogP contribution in [0.15, 0.2) is 24.3 Å². The second-order valence-electron chi connectivity index (χ2n) is 5.02. The van der Waals surface area contributed by atoms with Gasteiger partial charge in [-0.15, -0.1) is 0 Å². The van der Waals surface area contributed by atoms with Crippen molar-refractivity contribution in [2.75, 3.05) is 19.8 Å². The van der Waals surface area contributed by atoms with Crippen LogP contribution in [0.1, 0.15) is 25.3 Å². The summed E-state index contributed by atoms with van der Waals surface area (Å²) < 4.78 is 18.7. The monoisotopic (exact) mass is 251 g/mol. The van der Waals surface area contributed by atoms with E-state index in [-0.39, 0.29) is 5.82 Å². The molecule has 1 N–H and O–H groups in total. The van der Waals surface area contributed by atoms with E-state index in [1.807, 2.05) is 6.07 Å². The van der Waals surface area contributed by atoms with E-state index in [4.69, 9.17) is 4.74 Å². The first-order chi connectivity index (χ1) is 8.79. The molecule has 1 fully saturated rings. The number of hydrogen-bond donors (Lipinski definition) is 1. The first-order valence-corrected chi connectivity index (χ1v) is 6.85. The summed E-state index contributed by atoms with van der Waals surface area (Å²) in [4.78, 5) is 0. The fourth-order valence-electron chi connectivity index (χ4n) is 2.52. The van der Waals surface area contributed by atoms with E-state index < -0.39 is 0 Å². The van der Waals surface area contributed by atoms with Crippen LogP contribution < -0.4 is 5.32 Å². The number of nitrogens with one attached hydrogen (secondary N) is 1. The van der Waals surface area contributed by atoms with Gasteiger partial charge < -0.3 is 10.1 Å². The normalized spacial score (nSPS) is 21.1. The van der Waals surface area contributed by atoms with Crippen LogP contribution in [-0.2, 0) is 11.2 Å². The highest BCUT2D eigenvalue weighted by molar-refractivity contribution is 5.17. The number of rotatable bonds is 6. The van der Waals surface area contributed by atoms with Crippen molar-refractivity contribution in [3.8, 4) is 0 Å². The first-order valence-electron chi connectivity index (χ1n) is 6.85. The Bertz CT molecular complexity index is 363. The highest BCUT2D eigenvalue weighted by Gasteiger charge is 2.25. The molecule has 0 aromatic heterocycles. The van der Waals surface area contributed by atoms with Gasteiger partial charge in [0.15, 0.2) is 0 Å². The Hall–Kier alpha value is -0.930. The van der Waals surface area contributed by atoms with Gasteiger partial charge in [0, 0.05) is 18.6 Å². The van der Waals surface area contributed by atoms with Gasteiger partial charge in [-0.05, 0) is 43.5 Å². The third kappa shape index (κ3) is 3.79. The summed E-state index contributed by atoms with van der Waals surface area (Å²) in [6.45, 7) is 4.86. The van der Waals surface area contributed by atoms with Gasteiger partial charge in [-0.1, -0.05) is 19.1 Å². The van der Waals surface area contributed by atoms with Gasteiger partial charge in [0.05, 0.1) is 6.61 Å². The maximum absolute atomic E-state index is 13.2. The van der Waals surface area contributed by atoms with Crippen molar-refractivity contribution >= 4 is 0 Å². The van der Waals surface area contributed by atoms with Crippen molar-refractivity contribution in [2.45, 2.75) is 32.2 Å². The molecular weight excluding hydrogens is 229 g/mol. The molecule has 2 atom stereocenters. The Morgan fingerprint density at radius 2 is 2.39 bits per heavy atom. The fraction of sp³-hybridized carbons (Fsp3) is 0.600. The maximum atomic E-state index is 13.2. The van der Waals surface area contributed by atoms with Gasteiger partial charge in [-0.2, -0.15) is 0 Å². The van der Waals surface area contributed by atoms with Crippen LogP contribution in [0, 0.1) is 11.7 Å². The molecule has 0 saturated carbocycles. The summed E-state index contributed by atoms with van der Waals surface area (Å²) in [6, 6.07) is 7.31. The second-order valence-corrected chi connectivity index (χ2v) is 5.02. The summed E-state index contributed by atoms with van der Waals surface area (Å²) in [5.41, 5.74) is 1.07. The van der Waals surface area contributed by atoms with Gasteiger partial charge in [-0.3, -0.25) is 0 Å². The molecule has 18 heavy (non-hydrogen) atoms. The van der Waals surface area contributed by atoms with Gasteiger partial charge in [0.2, 0.25) is 0 Å². The molecule has 0 radical (unpaired) electrons. The minimum absolute atomic E-state index is 0.149. The molecule has 1 aliphatic heterocycles. The van der Waals surface area contributed by atoms with E-state index in [9.17, 15) is 4.39 Å². The molecule has 1 heterocycles. The Labute approximate surface area is 109 Å². The van der Waals surface area contributed by atoms with Crippen molar-refractivity contribution in [1.29, 1.82) is 0 Å². The summed E-state index contributed by atoms with van der Waals surface area (Å²) in [6.07, 6.45) is 3.11. The smallest absolute Gasteiger partial charge is 0.123 e. The number of ether oxygens (including phenoxy) is 1. The third-order valence-electron chi connectivity index (χ3n) is 3.54. The molecule has 0 bridgehead atoms. The van der Waals surface area contributed by atoms with Crippen LogP contribution in [0.2, 0.25) is 0 Å². The maximum Gasteiger partial charge on any atom is 0.123 e. The number of halogens is 1. The lowest BCUT2D eigenvalue weighted by Crippen LogP contribution is -2.38. The van der Waals surface area contributed by atoms with Crippen molar-refractivity contribution in [3.63, 3.8) is 0 Å². The molecule has 0 aliphatic carbocycles. The van der Waals surface area contributed by atoms with Crippen LogP contribution in [0.4, 0.5) is 4.39 Å². The molecule has 1 aromatic carbocycles. The molecule has 1 aliphatic rings. The average Bonchev–Trinajstić information content (AvgIpc) is 2.88. The van der Waals surface area contributed by atoms with Crippen molar-refractivity contribution in [1.82, 2.24) is 5.32 Å². The lowest BCUT2D eigenvalue weighted by molar-refractivity contribution is 0.176. The van der Waals surface area contributed by atoms with E-state index in [1.165, 1.54) is 6.07 Å². The molecule has 3 heteroatoms. The van der Waals surface area contributed by atoms with Crippen LogP contribution in [0.3, 0.4) is 0 Å². The van der Waals surface area contributed by atoms with Crippen LogP contribution in [-0.4, -0.2) is 25.8 Å². The van der Waals surface area contributed by atoms with Crippen LogP contribution in [0.25, 0.3) is 0 Å². The predicted molar refractivity (Wildman–Crippen MR) is 71.1 cm³/mol. The first kappa shape index (κ1) is 13.5. The molecule has 100 valence electrons. The highest BCUT2D eigenvalue weighted by atomic mass is 19.1. The summed E-state index contributed by atoms with van der Waals surface area (Å²) in [7, 11) is 0. The molecule has 0 amide bonds. The molecule has 2 nitrogen and oxygen atoms in total. The largest absolute Gasteiger partial charge is 0.381 e. The van der Waals surface area contributed by atoms with Crippen molar-refractivity contribution in [3.05, 3.63) is 35.6 Å². The average molecular weight is 251 g/mol. The number of benzene rings is 1. The topological polar surface area (TPSA) is 21.3 Å². The summed E-state index contributed by atoms with van der Waals surface area (Å²) in [5.74, 6) is 0.407. The Balaban J connectivity index is 1.99. The fourth-order valence-corrected chi connectivity index (χ4v) is 2.52. The van der Waals surface area contributed by atoms with E-state index in [0.717, 1.165) is 44.6 Å². The third-order valence-corrected chi connectivity index (χ3v) is 3.54. The Morgan fingerprint density at radius 1 is 1.50 bits per heavy atom. The van der Waals surface area contributed by atoms with E-state index in [0.29, 0.717) is 12.0 Å².